The largest absolute Gasteiger partial charge is 0.444 e. The van der Waals surface area contributed by atoms with Crippen molar-refractivity contribution in [2.75, 3.05) is 13.2 Å². The standard InChI is InChI=1S/C26H42N2O4/c1-26(2,3)32-25(30)28-17-21(15-14-19-10-6-4-7-11-19)31-18-23(28)24(29)22(27)16-20-12-8-5-9-13-20/h5,8-9,12-13,19,21-24,29H,4,6-7,10-11,14-18,27H2,1-3H3. The Bertz CT molecular complexity index is 700. The lowest BCUT2D eigenvalue weighted by Gasteiger charge is -2.43. The summed E-state index contributed by atoms with van der Waals surface area (Å²) >= 11 is 0. The fourth-order valence-electron chi connectivity index (χ4n) is 4.91. The zero-order valence-corrected chi connectivity index (χ0v) is 20.0. The molecule has 6 heteroatoms. The third kappa shape index (κ3) is 7.46. The molecule has 1 aromatic rings. The lowest BCUT2D eigenvalue weighted by molar-refractivity contribution is -0.105. The maximum atomic E-state index is 13.1. The second-order valence-electron chi connectivity index (χ2n) is 10.6. The lowest BCUT2D eigenvalue weighted by atomic mass is 9.85. The summed E-state index contributed by atoms with van der Waals surface area (Å²) < 4.78 is 11.8. The summed E-state index contributed by atoms with van der Waals surface area (Å²) in [5, 5.41) is 11.1. The van der Waals surface area contributed by atoms with E-state index in [1.54, 1.807) is 4.90 Å². The number of carbonyl (C=O) groups is 1. The number of hydrogen-bond acceptors (Lipinski definition) is 5. The van der Waals surface area contributed by atoms with E-state index < -0.39 is 29.9 Å². The molecule has 32 heavy (non-hydrogen) atoms. The van der Waals surface area contributed by atoms with Crippen molar-refractivity contribution in [2.24, 2.45) is 11.7 Å². The SMILES string of the molecule is CC(C)(C)OC(=O)N1CC(CCC2CCCCC2)OCC1C(O)C(N)Cc1ccccc1. The van der Waals surface area contributed by atoms with Crippen LogP contribution >= 0.6 is 0 Å². The van der Waals surface area contributed by atoms with E-state index in [1.165, 1.54) is 32.1 Å². The number of aliphatic hydroxyl groups excluding tert-OH is 1. The van der Waals surface area contributed by atoms with Crippen molar-refractivity contribution in [1.29, 1.82) is 0 Å². The zero-order valence-electron chi connectivity index (χ0n) is 20.0. The molecule has 4 unspecified atom stereocenters. The van der Waals surface area contributed by atoms with Crippen LogP contribution in [0.15, 0.2) is 30.3 Å². The van der Waals surface area contributed by atoms with Crippen molar-refractivity contribution in [2.45, 2.75) is 102 Å². The Hall–Kier alpha value is -1.63. The van der Waals surface area contributed by atoms with Gasteiger partial charge in [-0.15, -0.1) is 0 Å². The van der Waals surface area contributed by atoms with Gasteiger partial charge in [0.25, 0.3) is 0 Å². The maximum Gasteiger partial charge on any atom is 0.410 e. The quantitative estimate of drug-likeness (QED) is 0.653. The first kappa shape index (κ1) is 25.0. The monoisotopic (exact) mass is 446 g/mol. The number of benzene rings is 1. The molecule has 1 aliphatic carbocycles. The van der Waals surface area contributed by atoms with Crippen molar-refractivity contribution < 1.29 is 19.4 Å². The van der Waals surface area contributed by atoms with Crippen LogP contribution in [0, 0.1) is 5.92 Å². The number of morpholine rings is 1. The van der Waals surface area contributed by atoms with Crippen LogP contribution in [0.1, 0.15) is 71.3 Å². The highest BCUT2D eigenvalue weighted by molar-refractivity contribution is 5.69. The van der Waals surface area contributed by atoms with Gasteiger partial charge in [0.05, 0.1) is 31.4 Å². The smallest absolute Gasteiger partial charge is 0.410 e. The van der Waals surface area contributed by atoms with Crippen LogP contribution in [-0.2, 0) is 15.9 Å². The second kappa shape index (κ2) is 11.5. The number of nitrogens with zero attached hydrogens (tertiary/aromatic N) is 1. The molecular weight excluding hydrogens is 404 g/mol. The molecule has 0 bridgehead atoms. The number of nitrogens with two attached hydrogens (primary N) is 1. The number of aliphatic hydroxyl groups is 1. The average molecular weight is 447 g/mol. The van der Waals surface area contributed by atoms with Crippen LogP contribution in [0.5, 0.6) is 0 Å². The van der Waals surface area contributed by atoms with Crippen molar-refractivity contribution in [1.82, 2.24) is 4.90 Å². The molecule has 1 aliphatic heterocycles. The first-order valence-electron chi connectivity index (χ1n) is 12.3. The van der Waals surface area contributed by atoms with E-state index in [9.17, 15) is 9.90 Å². The first-order chi connectivity index (χ1) is 15.2. The van der Waals surface area contributed by atoms with Crippen molar-refractivity contribution >= 4 is 6.09 Å². The summed E-state index contributed by atoms with van der Waals surface area (Å²) in [6.45, 7) is 6.29. The summed E-state index contributed by atoms with van der Waals surface area (Å²) in [6.07, 6.45) is 7.88. The van der Waals surface area contributed by atoms with Gasteiger partial charge >= 0.3 is 6.09 Å². The predicted molar refractivity (Wildman–Crippen MR) is 126 cm³/mol. The van der Waals surface area contributed by atoms with Gasteiger partial charge in [-0.1, -0.05) is 62.4 Å². The first-order valence-corrected chi connectivity index (χ1v) is 12.3. The Kier molecular flexibility index (Phi) is 8.97. The molecule has 0 spiro atoms. The van der Waals surface area contributed by atoms with Crippen molar-refractivity contribution in [3.8, 4) is 0 Å². The fourth-order valence-corrected chi connectivity index (χ4v) is 4.91. The topological polar surface area (TPSA) is 85.0 Å². The molecule has 1 saturated heterocycles. The molecule has 1 heterocycles. The van der Waals surface area contributed by atoms with Crippen LogP contribution in [-0.4, -0.2) is 59.1 Å². The highest BCUT2D eigenvalue weighted by Crippen LogP contribution is 2.30. The van der Waals surface area contributed by atoms with Gasteiger partial charge in [-0.25, -0.2) is 4.79 Å². The molecule has 2 fully saturated rings. The van der Waals surface area contributed by atoms with Gasteiger partial charge in [0.2, 0.25) is 0 Å². The van der Waals surface area contributed by atoms with Gasteiger partial charge in [0, 0.05) is 6.04 Å². The molecule has 2 aliphatic rings. The number of ether oxygens (including phenoxy) is 2. The highest BCUT2D eigenvalue weighted by Gasteiger charge is 2.40. The zero-order chi connectivity index (χ0) is 23.1. The number of rotatable bonds is 7. The molecule has 4 atom stereocenters. The molecule has 1 amide bonds. The minimum absolute atomic E-state index is 0.0294. The maximum absolute atomic E-state index is 13.1. The summed E-state index contributed by atoms with van der Waals surface area (Å²) in [6, 6.07) is 8.85. The summed E-state index contributed by atoms with van der Waals surface area (Å²) in [5.74, 6) is 0.768. The van der Waals surface area contributed by atoms with Crippen molar-refractivity contribution in [3.05, 3.63) is 35.9 Å². The Balaban J connectivity index is 1.64. The third-order valence-corrected chi connectivity index (χ3v) is 6.70. The van der Waals surface area contributed by atoms with Crippen LogP contribution in [0.2, 0.25) is 0 Å². The van der Waals surface area contributed by atoms with Gasteiger partial charge in [0.15, 0.2) is 0 Å². The number of amides is 1. The predicted octanol–water partition coefficient (Wildman–Crippen LogP) is 4.28. The fraction of sp³-hybridized carbons (Fsp3) is 0.731. The normalized spacial score (nSPS) is 24.7. The molecule has 3 N–H and O–H groups in total. The molecule has 3 rings (SSSR count). The second-order valence-corrected chi connectivity index (χ2v) is 10.6. The van der Waals surface area contributed by atoms with E-state index in [0.29, 0.717) is 13.0 Å². The molecule has 6 nitrogen and oxygen atoms in total. The Morgan fingerprint density at radius 1 is 1.19 bits per heavy atom. The van der Waals surface area contributed by atoms with E-state index in [4.69, 9.17) is 15.2 Å². The number of carbonyl (C=O) groups excluding carboxylic acids is 1. The van der Waals surface area contributed by atoms with Gasteiger partial charge < -0.3 is 20.3 Å². The van der Waals surface area contributed by atoms with Crippen LogP contribution in [0.25, 0.3) is 0 Å². The van der Waals surface area contributed by atoms with Crippen LogP contribution in [0.4, 0.5) is 4.79 Å². The van der Waals surface area contributed by atoms with E-state index >= 15 is 0 Å². The average Bonchev–Trinajstić information content (AvgIpc) is 2.77. The third-order valence-electron chi connectivity index (χ3n) is 6.70. The van der Waals surface area contributed by atoms with Crippen LogP contribution < -0.4 is 5.73 Å². The van der Waals surface area contributed by atoms with Gasteiger partial charge in [-0.3, -0.25) is 4.90 Å². The molecule has 1 saturated carbocycles. The van der Waals surface area contributed by atoms with Crippen molar-refractivity contribution in [3.63, 3.8) is 0 Å². The van der Waals surface area contributed by atoms with Gasteiger partial charge in [-0.2, -0.15) is 0 Å². The lowest BCUT2D eigenvalue weighted by Crippen LogP contribution is -2.61. The molecule has 1 aromatic carbocycles. The Morgan fingerprint density at radius 2 is 1.88 bits per heavy atom. The number of hydrogen-bond donors (Lipinski definition) is 2. The van der Waals surface area contributed by atoms with E-state index in [1.807, 2.05) is 51.1 Å². The highest BCUT2D eigenvalue weighted by atomic mass is 16.6. The van der Waals surface area contributed by atoms with E-state index in [-0.39, 0.29) is 12.7 Å². The van der Waals surface area contributed by atoms with Gasteiger partial charge in [0.1, 0.15) is 5.60 Å². The molecule has 180 valence electrons. The summed E-state index contributed by atoms with van der Waals surface area (Å²) in [7, 11) is 0. The summed E-state index contributed by atoms with van der Waals surface area (Å²) in [4.78, 5) is 14.7. The molecule has 0 radical (unpaired) electrons. The van der Waals surface area contributed by atoms with Crippen LogP contribution in [0.3, 0.4) is 0 Å². The van der Waals surface area contributed by atoms with E-state index in [0.717, 1.165) is 24.3 Å². The van der Waals surface area contributed by atoms with Gasteiger partial charge in [-0.05, 0) is 51.5 Å². The minimum Gasteiger partial charge on any atom is -0.444 e. The summed E-state index contributed by atoms with van der Waals surface area (Å²) in [5.41, 5.74) is 6.83. The Labute approximate surface area is 193 Å². The van der Waals surface area contributed by atoms with E-state index in [2.05, 4.69) is 0 Å². The Morgan fingerprint density at radius 3 is 2.53 bits per heavy atom. The minimum atomic E-state index is -0.901. The molecule has 0 aromatic heterocycles. The molecular formula is C26H42N2O4.